The van der Waals surface area contributed by atoms with Crippen molar-refractivity contribution in [3.63, 3.8) is 0 Å². The zero-order chi connectivity index (χ0) is 27.7. The lowest BCUT2D eigenvalue weighted by Crippen LogP contribution is -2.21. The molecule has 40 heavy (non-hydrogen) atoms. The highest BCUT2D eigenvalue weighted by Crippen LogP contribution is 2.29. The lowest BCUT2D eigenvalue weighted by Gasteiger charge is -2.20. The fourth-order valence-corrected chi connectivity index (χ4v) is 4.17. The molecule has 8 heteroatoms. The molecule has 0 spiro atoms. The largest absolute Gasteiger partial charge is 0.372 e. The van der Waals surface area contributed by atoms with Crippen molar-refractivity contribution in [3.8, 4) is 0 Å². The van der Waals surface area contributed by atoms with E-state index < -0.39 is 0 Å². The van der Waals surface area contributed by atoms with Crippen LogP contribution in [0.1, 0.15) is 19.4 Å². The van der Waals surface area contributed by atoms with Crippen LogP contribution >= 0.6 is 0 Å². The molecule has 0 aliphatic rings. The van der Waals surface area contributed by atoms with Gasteiger partial charge in [0.15, 0.2) is 5.82 Å². The van der Waals surface area contributed by atoms with Gasteiger partial charge in [0.25, 0.3) is 0 Å². The fourth-order valence-electron chi connectivity index (χ4n) is 4.17. The van der Waals surface area contributed by atoms with Crippen LogP contribution in [0.25, 0.3) is 10.9 Å². The van der Waals surface area contributed by atoms with Gasteiger partial charge in [-0.3, -0.25) is 0 Å². The second kappa shape index (κ2) is 12.6. The third kappa shape index (κ3) is 6.66. The predicted molar refractivity (Wildman–Crippen MR) is 162 cm³/mol. The topological polar surface area (TPSA) is 90.3 Å². The number of aryl methyl sites for hydroxylation is 1. The van der Waals surface area contributed by atoms with Gasteiger partial charge >= 0.3 is 0 Å². The number of azo groups is 3. The summed E-state index contributed by atoms with van der Waals surface area (Å²) >= 11 is 0. The number of benzene rings is 4. The van der Waals surface area contributed by atoms with Crippen LogP contribution in [-0.4, -0.2) is 18.1 Å². The van der Waals surface area contributed by atoms with Crippen molar-refractivity contribution in [1.29, 1.82) is 0 Å². The van der Waals surface area contributed by atoms with Gasteiger partial charge in [0, 0.05) is 24.2 Å². The van der Waals surface area contributed by atoms with Crippen LogP contribution in [-0.2, 0) is 0 Å². The Morgan fingerprint density at radius 2 is 1.15 bits per heavy atom. The predicted octanol–water partition coefficient (Wildman–Crippen LogP) is 10.6. The molecule has 0 unspecified atom stereocenters. The van der Waals surface area contributed by atoms with Crippen molar-refractivity contribution in [1.82, 2.24) is 4.98 Å². The molecular weight excluding hydrogens is 496 g/mol. The zero-order valence-corrected chi connectivity index (χ0v) is 22.8. The first-order valence-electron chi connectivity index (χ1n) is 13.3. The molecule has 0 aliphatic heterocycles. The molecule has 5 aromatic rings. The van der Waals surface area contributed by atoms with Crippen LogP contribution in [0.15, 0.2) is 134 Å². The first-order chi connectivity index (χ1) is 19.6. The van der Waals surface area contributed by atoms with E-state index in [0.29, 0.717) is 11.5 Å². The quantitative estimate of drug-likeness (QED) is 0.179. The second-order valence-corrected chi connectivity index (χ2v) is 9.14. The molecule has 0 atom stereocenters. The first-order valence-corrected chi connectivity index (χ1v) is 13.3. The van der Waals surface area contributed by atoms with E-state index in [1.165, 1.54) is 5.69 Å². The number of anilines is 1. The summed E-state index contributed by atoms with van der Waals surface area (Å²) in [5, 5.41) is 27.2. The summed E-state index contributed by atoms with van der Waals surface area (Å²) in [5.41, 5.74) is 6.82. The normalized spacial score (nSPS) is 11.8. The molecule has 5 rings (SSSR count). The van der Waals surface area contributed by atoms with Gasteiger partial charge in [-0.1, -0.05) is 18.2 Å². The number of hydrogen-bond acceptors (Lipinski definition) is 8. The number of hydrogen-bond donors (Lipinski definition) is 0. The Hall–Kier alpha value is -5.11. The molecule has 198 valence electrons. The Labute approximate surface area is 233 Å². The molecule has 0 saturated heterocycles. The van der Waals surface area contributed by atoms with Crippen LogP contribution in [0.5, 0.6) is 0 Å². The number of para-hydroxylation sites is 1. The summed E-state index contributed by atoms with van der Waals surface area (Å²) < 4.78 is 0. The van der Waals surface area contributed by atoms with E-state index in [2.05, 4.69) is 66.5 Å². The monoisotopic (exact) mass is 526 g/mol. The average Bonchev–Trinajstić information content (AvgIpc) is 3.00. The molecule has 0 bridgehead atoms. The van der Waals surface area contributed by atoms with E-state index in [0.717, 1.165) is 52.3 Å². The summed E-state index contributed by atoms with van der Waals surface area (Å²) in [6.45, 7) is 8.23. The molecule has 0 N–H and O–H groups in total. The standard InChI is InChI=1S/C32H30N8/c1-4-40(5-2)29-18-15-27(16-19-29)34-37-28-17-20-30(23(3)22-28)38-35-25-11-13-26(14-12-25)36-39-32-21-10-24-8-6-7-9-31(24)33-32/h6-22H,4-5H2,1-3H3. The van der Waals surface area contributed by atoms with Crippen LogP contribution in [0, 0.1) is 6.92 Å². The molecule has 0 aliphatic carbocycles. The molecule has 0 saturated carbocycles. The van der Waals surface area contributed by atoms with Crippen molar-refractivity contribution >= 4 is 50.8 Å². The maximum Gasteiger partial charge on any atom is 0.174 e. The van der Waals surface area contributed by atoms with Crippen LogP contribution < -0.4 is 4.90 Å². The van der Waals surface area contributed by atoms with E-state index in [-0.39, 0.29) is 0 Å². The molecule has 0 amide bonds. The maximum absolute atomic E-state index is 4.52. The van der Waals surface area contributed by atoms with Crippen molar-refractivity contribution < 1.29 is 0 Å². The highest BCUT2D eigenvalue weighted by atomic mass is 15.1. The second-order valence-electron chi connectivity index (χ2n) is 9.14. The summed E-state index contributed by atoms with van der Waals surface area (Å²) in [6.07, 6.45) is 0. The van der Waals surface area contributed by atoms with Gasteiger partial charge in [0.2, 0.25) is 0 Å². The van der Waals surface area contributed by atoms with Gasteiger partial charge in [-0.15, -0.1) is 10.2 Å². The third-order valence-electron chi connectivity index (χ3n) is 6.41. The molecule has 0 fully saturated rings. The van der Waals surface area contributed by atoms with Gasteiger partial charge in [0.05, 0.1) is 34.0 Å². The van der Waals surface area contributed by atoms with Crippen molar-refractivity contribution in [2.24, 2.45) is 30.7 Å². The Bertz CT molecular complexity index is 1670. The number of fused-ring (bicyclic) bond motifs is 1. The van der Waals surface area contributed by atoms with Gasteiger partial charge in [-0.2, -0.15) is 20.5 Å². The van der Waals surface area contributed by atoms with E-state index >= 15 is 0 Å². The minimum atomic E-state index is 0.564. The van der Waals surface area contributed by atoms with Crippen LogP contribution in [0.3, 0.4) is 0 Å². The SMILES string of the molecule is CCN(CC)c1ccc(N=Nc2ccc(N=Nc3ccc(N=Nc4ccc5ccccc5n4)cc3)c(C)c2)cc1. The molecule has 1 heterocycles. The molecule has 8 nitrogen and oxygen atoms in total. The number of aromatic nitrogens is 1. The van der Waals surface area contributed by atoms with Crippen LogP contribution in [0.2, 0.25) is 0 Å². The Kier molecular flexibility index (Phi) is 8.36. The fraction of sp³-hybridized carbons (Fsp3) is 0.156. The number of rotatable bonds is 9. The number of nitrogens with zero attached hydrogens (tertiary/aromatic N) is 8. The Balaban J connectivity index is 1.20. The van der Waals surface area contributed by atoms with Gasteiger partial charge in [-0.25, -0.2) is 4.98 Å². The van der Waals surface area contributed by atoms with Crippen molar-refractivity contribution in [2.45, 2.75) is 20.8 Å². The minimum absolute atomic E-state index is 0.564. The smallest absolute Gasteiger partial charge is 0.174 e. The van der Waals surface area contributed by atoms with Crippen molar-refractivity contribution in [2.75, 3.05) is 18.0 Å². The van der Waals surface area contributed by atoms with E-state index in [1.54, 1.807) is 0 Å². The molecular formula is C32H30N8. The average molecular weight is 527 g/mol. The van der Waals surface area contributed by atoms with E-state index in [9.17, 15) is 0 Å². The minimum Gasteiger partial charge on any atom is -0.372 e. The van der Waals surface area contributed by atoms with Crippen molar-refractivity contribution in [3.05, 3.63) is 109 Å². The summed E-state index contributed by atoms with van der Waals surface area (Å²) in [5.74, 6) is 0.564. The lowest BCUT2D eigenvalue weighted by molar-refractivity contribution is 0.866. The molecule has 4 aromatic carbocycles. The Morgan fingerprint density at radius 3 is 1.82 bits per heavy atom. The number of pyridine rings is 1. The van der Waals surface area contributed by atoms with Gasteiger partial charge < -0.3 is 4.90 Å². The highest BCUT2D eigenvalue weighted by molar-refractivity contribution is 5.79. The highest BCUT2D eigenvalue weighted by Gasteiger charge is 2.03. The molecule has 1 aromatic heterocycles. The maximum atomic E-state index is 4.52. The summed E-state index contributed by atoms with van der Waals surface area (Å²) in [7, 11) is 0. The van der Waals surface area contributed by atoms with Crippen LogP contribution in [0.4, 0.5) is 39.9 Å². The first kappa shape index (κ1) is 26.5. The Morgan fingerprint density at radius 1 is 0.575 bits per heavy atom. The summed E-state index contributed by atoms with van der Waals surface area (Å²) in [4.78, 5) is 6.81. The van der Waals surface area contributed by atoms with Gasteiger partial charge in [-0.05, 0) is 111 Å². The van der Waals surface area contributed by atoms with E-state index in [1.807, 2.05) is 97.9 Å². The lowest BCUT2D eigenvalue weighted by atomic mass is 10.2. The van der Waals surface area contributed by atoms with E-state index in [4.69, 9.17) is 0 Å². The third-order valence-corrected chi connectivity index (χ3v) is 6.41. The molecule has 0 radical (unpaired) electrons. The summed E-state index contributed by atoms with van der Waals surface area (Å²) in [6, 6.07) is 33.0. The van der Waals surface area contributed by atoms with Gasteiger partial charge in [0.1, 0.15) is 0 Å². The zero-order valence-electron chi connectivity index (χ0n) is 22.8.